The average Bonchev–Trinajstić information content (AvgIpc) is 2.79. The summed E-state index contributed by atoms with van der Waals surface area (Å²) in [5.74, 6) is 1.09. The molecule has 21 heavy (non-hydrogen) atoms. The number of H-pyrrole nitrogens is 1. The molecule has 2 aromatic heterocycles. The van der Waals surface area contributed by atoms with Crippen LogP contribution in [-0.2, 0) is 12.6 Å². The van der Waals surface area contributed by atoms with Crippen LogP contribution in [0.4, 0.5) is 0 Å². The van der Waals surface area contributed by atoms with Gasteiger partial charge in [-0.15, -0.1) is 0 Å². The van der Waals surface area contributed by atoms with E-state index < -0.39 is 0 Å². The van der Waals surface area contributed by atoms with Crippen molar-refractivity contribution in [2.24, 2.45) is 15.9 Å². The second kappa shape index (κ2) is 6.59. The minimum Gasteiger partial charge on any atom is -0.741 e. The molecule has 6 nitrogen and oxygen atoms in total. The fourth-order valence-electron chi connectivity index (χ4n) is 1.72. The largest absolute Gasteiger partial charge is 0.741 e. The van der Waals surface area contributed by atoms with Crippen LogP contribution in [0.2, 0.25) is 0 Å². The van der Waals surface area contributed by atoms with Gasteiger partial charge >= 0.3 is 10.7 Å². The van der Waals surface area contributed by atoms with Crippen LogP contribution in [0.1, 0.15) is 30.2 Å². The molecule has 0 aliphatic heterocycles. The number of nitrogens with zero attached hydrogens (tertiary/aromatic N) is 3. The predicted molar refractivity (Wildman–Crippen MR) is 87.1 cm³/mol. The van der Waals surface area contributed by atoms with Crippen molar-refractivity contribution in [3.05, 3.63) is 44.6 Å². The highest BCUT2D eigenvalue weighted by Gasteiger charge is 2.16. The minimum atomic E-state index is -0.165. The number of aromatic nitrogens is 2. The Kier molecular flexibility index (Phi) is 4.81. The first kappa shape index (κ1) is 15.3. The van der Waals surface area contributed by atoms with Crippen molar-refractivity contribution in [3.63, 3.8) is 0 Å². The van der Waals surface area contributed by atoms with Crippen LogP contribution in [0.5, 0.6) is 0 Å². The Morgan fingerprint density at radius 2 is 2.14 bits per heavy atom. The lowest BCUT2D eigenvalue weighted by Crippen LogP contribution is -2.32. The second-order valence-electron chi connectivity index (χ2n) is 4.60. The van der Waals surface area contributed by atoms with Crippen molar-refractivity contribution < 1.29 is 4.57 Å². The third-order valence-electron chi connectivity index (χ3n) is 2.77. The first-order valence-corrected chi connectivity index (χ1v) is 7.48. The van der Waals surface area contributed by atoms with E-state index in [-0.39, 0.29) is 10.0 Å². The van der Waals surface area contributed by atoms with Gasteiger partial charge in [-0.25, -0.2) is 9.36 Å². The van der Waals surface area contributed by atoms with Crippen LogP contribution < -0.4 is 15.2 Å². The topological polar surface area (TPSA) is 87.5 Å². The third-order valence-corrected chi connectivity index (χ3v) is 3.66. The molecule has 2 heterocycles. The van der Waals surface area contributed by atoms with Gasteiger partial charge in [-0.2, -0.15) is 15.2 Å². The first-order chi connectivity index (χ1) is 9.97. The number of nitrogens with one attached hydrogen (secondary N) is 1. The summed E-state index contributed by atoms with van der Waals surface area (Å²) in [6, 6.07) is 4.03. The molecular weight excluding hydrogens is 306 g/mol. The maximum absolute atomic E-state index is 11.6. The van der Waals surface area contributed by atoms with Gasteiger partial charge in [0.05, 0.1) is 18.6 Å². The van der Waals surface area contributed by atoms with Crippen molar-refractivity contribution in [3.8, 4) is 5.82 Å². The molecule has 0 amide bonds. The molecule has 0 saturated heterocycles. The van der Waals surface area contributed by atoms with Crippen LogP contribution in [0.25, 0.3) is 5.82 Å². The Balaban J connectivity index is 2.37. The van der Waals surface area contributed by atoms with Gasteiger partial charge in [0.25, 0.3) is 0 Å². The molecule has 3 N–H and O–H groups in total. The van der Waals surface area contributed by atoms with E-state index in [1.807, 2.05) is 29.1 Å². The van der Waals surface area contributed by atoms with Gasteiger partial charge in [0.15, 0.2) is 0 Å². The number of thiazole rings is 1. The molecule has 0 atom stereocenters. The lowest BCUT2D eigenvalue weighted by molar-refractivity contribution is -0.599. The number of hydrogen-bond acceptors (Lipinski definition) is 5. The van der Waals surface area contributed by atoms with E-state index in [4.69, 9.17) is 5.73 Å². The van der Waals surface area contributed by atoms with Gasteiger partial charge in [0, 0.05) is 0 Å². The van der Waals surface area contributed by atoms with E-state index in [2.05, 4.69) is 41.7 Å². The number of nitrogens with two attached hydrogens (primary N) is 1. The SMILES string of the molecule is CC(C)c1cc[n+](-c2[nH]c(=O)sc2/C=N/N=C(/N)[S-])cc1. The van der Waals surface area contributed by atoms with Crippen molar-refractivity contribution >= 4 is 35.3 Å². The van der Waals surface area contributed by atoms with Crippen LogP contribution in [-0.4, -0.2) is 16.4 Å². The fraction of sp³-hybridized carbons (Fsp3) is 0.231. The summed E-state index contributed by atoms with van der Waals surface area (Å²) in [5, 5.41) is 7.27. The van der Waals surface area contributed by atoms with E-state index in [1.54, 1.807) is 0 Å². The molecular formula is C13H15N5OS2. The molecule has 0 aliphatic rings. The first-order valence-electron chi connectivity index (χ1n) is 6.25. The number of pyridine rings is 1. The van der Waals surface area contributed by atoms with Gasteiger partial charge in [-0.1, -0.05) is 13.8 Å². The highest BCUT2D eigenvalue weighted by atomic mass is 32.1. The highest BCUT2D eigenvalue weighted by molar-refractivity contribution is 7.77. The number of rotatable bonds is 4. The van der Waals surface area contributed by atoms with Crippen LogP contribution in [0.3, 0.4) is 0 Å². The van der Waals surface area contributed by atoms with Crippen LogP contribution in [0.15, 0.2) is 39.5 Å². The summed E-state index contributed by atoms with van der Waals surface area (Å²) in [4.78, 5) is 14.8. The van der Waals surface area contributed by atoms with E-state index in [1.165, 1.54) is 11.8 Å². The molecule has 0 aromatic carbocycles. The molecule has 0 bridgehead atoms. The zero-order valence-electron chi connectivity index (χ0n) is 11.6. The second-order valence-corrected chi connectivity index (χ2v) is 6.04. The summed E-state index contributed by atoms with van der Waals surface area (Å²) in [7, 11) is 0. The summed E-state index contributed by atoms with van der Waals surface area (Å²) in [5.41, 5.74) is 6.46. The molecule has 110 valence electrons. The van der Waals surface area contributed by atoms with Crippen molar-refractivity contribution in [1.29, 1.82) is 0 Å². The van der Waals surface area contributed by atoms with E-state index in [9.17, 15) is 4.79 Å². The zero-order valence-corrected chi connectivity index (χ0v) is 13.2. The van der Waals surface area contributed by atoms with Crippen molar-refractivity contribution in [2.45, 2.75) is 19.8 Å². The number of hydrogen-bond donors (Lipinski definition) is 2. The molecule has 0 unspecified atom stereocenters. The van der Waals surface area contributed by atoms with Gasteiger partial charge < -0.3 is 18.4 Å². The van der Waals surface area contributed by atoms with Gasteiger partial charge in [-0.3, -0.25) is 0 Å². The number of amidine groups is 1. The smallest absolute Gasteiger partial charge is 0.390 e. The van der Waals surface area contributed by atoms with Gasteiger partial charge in [-0.05, 0) is 40.1 Å². The highest BCUT2D eigenvalue weighted by Crippen LogP contribution is 2.12. The monoisotopic (exact) mass is 321 g/mol. The van der Waals surface area contributed by atoms with Crippen LogP contribution in [0, 0.1) is 0 Å². The van der Waals surface area contributed by atoms with Gasteiger partial charge in [0.1, 0.15) is 4.88 Å². The maximum atomic E-state index is 11.6. The summed E-state index contributed by atoms with van der Waals surface area (Å²) in [6.45, 7) is 4.25. The Hall–Kier alpha value is -2.06. The van der Waals surface area contributed by atoms with E-state index >= 15 is 0 Å². The van der Waals surface area contributed by atoms with Gasteiger partial charge in [0.2, 0.25) is 0 Å². The predicted octanol–water partition coefficient (Wildman–Crippen LogP) is 1.03. The average molecular weight is 321 g/mol. The lowest BCUT2D eigenvalue weighted by atomic mass is 10.1. The lowest BCUT2D eigenvalue weighted by Gasteiger charge is -2.04. The maximum Gasteiger partial charge on any atom is 0.390 e. The molecule has 0 saturated carbocycles. The summed E-state index contributed by atoms with van der Waals surface area (Å²) in [6.07, 6.45) is 5.26. The molecule has 0 radical (unpaired) electrons. The third kappa shape index (κ3) is 3.96. The summed E-state index contributed by atoms with van der Waals surface area (Å²) >= 11 is 5.65. The quantitative estimate of drug-likeness (QED) is 0.290. The van der Waals surface area contributed by atoms with Crippen molar-refractivity contribution in [1.82, 2.24) is 4.98 Å². The fourth-order valence-corrected chi connectivity index (χ4v) is 2.47. The van der Waals surface area contributed by atoms with E-state index in [0.29, 0.717) is 16.6 Å². The Labute approximate surface area is 131 Å². The Morgan fingerprint density at radius 3 is 2.71 bits per heavy atom. The molecule has 2 rings (SSSR count). The number of aromatic amines is 1. The zero-order chi connectivity index (χ0) is 15.4. The summed E-state index contributed by atoms with van der Waals surface area (Å²) < 4.78 is 1.83. The minimum absolute atomic E-state index is 0.0513. The van der Waals surface area contributed by atoms with Crippen LogP contribution >= 0.6 is 11.3 Å². The van der Waals surface area contributed by atoms with Crippen molar-refractivity contribution in [2.75, 3.05) is 0 Å². The molecule has 8 heteroatoms. The Morgan fingerprint density at radius 1 is 1.48 bits per heavy atom. The molecule has 0 aliphatic carbocycles. The Bertz CT molecular complexity index is 724. The standard InChI is InChI=1S/C13H15N5OS2/c1-8(2)9-3-5-18(6-4-9)11-10(21-13(19)16-11)7-15-17-12(14)20/h3-8H,1-2H3,(H3-,14,15,16,17,19,20). The normalized spacial score (nSPS) is 12.4. The van der Waals surface area contributed by atoms with E-state index in [0.717, 1.165) is 11.3 Å². The molecule has 2 aromatic rings. The molecule has 0 fully saturated rings. The molecule has 0 spiro atoms.